The second kappa shape index (κ2) is 6.98. The van der Waals surface area contributed by atoms with Crippen LogP contribution in [0.2, 0.25) is 10.0 Å². The summed E-state index contributed by atoms with van der Waals surface area (Å²) in [6, 6.07) is 2.30. The molecule has 4 nitrogen and oxygen atoms in total. The maximum atomic E-state index is 11.9. The number of hydrogen-bond donors (Lipinski definition) is 0. The molecule has 0 saturated carbocycles. The van der Waals surface area contributed by atoms with E-state index in [1.807, 2.05) is 6.92 Å². The van der Waals surface area contributed by atoms with Crippen LogP contribution in [-0.2, 0) is 13.8 Å². The van der Waals surface area contributed by atoms with Gasteiger partial charge in [-0.15, -0.1) is 0 Å². The number of rotatable bonds is 5. The molecule has 112 valence electrons. The number of ether oxygens (including phenoxy) is 1. The van der Waals surface area contributed by atoms with Gasteiger partial charge in [0.1, 0.15) is 4.90 Å². The molecule has 0 aromatic heterocycles. The molecule has 0 bridgehead atoms. The molecule has 0 saturated heterocycles. The van der Waals surface area contributed by atoms with E-state index < -0.39 is 19.9 Å². The van der Waals surface area contributed by atoms with Gasteiger partial charge in [-0.1, -0.05) is 36.5 Å². The highest BCUT2D eigenvalue weighted by molar-refractivity contribution is 8.13. The normalized spacial score (nSPS) is 13.1. The maximum Gasteiger partial charge on any atom is 0.338 e. The van der Waals surface area contributed by atoms with Crippen LogP contribution in [0.25, 0.3) is 0 Å². The summed E-state index contributed by atoms with van der Waals surface area (Å²) in [5.74, 6) is -0.675. The standard InChI is InChI=1S/C12H13Cl3O4S/c1-3-4-7(2)19-12(16)8-5-9(13)11(14)10(6-8)20(15,17)18/h5-7H,3-4H2,1-2H3. The summed E-state index contributed by atoms with van der Waals surface area (Å²) >= 11 is 11.6. The minimum absolute atomic E-state index is 0.0124. The first-order valence-electron chi connectivity index (χ1n) is 5.81. The summed E-state index contributed by atoms with van der Waals surface area (Å²) in [5.41, 5.74) is -0.0124. The number of esters is 1. The number of carbonyl (C=O) groups is 1. The monoisotopic (exact) mass is 358 g/mol. The highest BCUT2D eigenvalue weighted by atomic mass is 35.7. The smallest absolute Gasteiger partial charge is 0.338 e. The molecule has 1 unspecified atom stereocenters. The van der Waals surface area contributed by atoms with Crippen molar-refractivity contribution in [2.45, 2.75) is 37.7 Å². The molecule has 0 aliphatic carbocycles. The molecule has 1 rings (SSSR count). The van der Waals surface area contributed by atoms with E-state index in [1.54, 1.807) is 6.92 Å². The van der Waals surface area contributed by atoms with Crippen molar-refractivity contribution in [2.24, 2.45) is 0 Å². The molecule has 1 aromatic carbocycles. The molecular formula is C12H13Cl3O4S. The highest BCUT2D eigenvalue weighted by Gasteiger charge is 2.22. The fourth-order valence-corrected chi connectivity index (χ4v) is 3.34. The van der Waals surface area contributed by atoms with Gasteiger partial charge < -0.3 is 4.74 Å². The molecule has 0 fully saturated rings. The number of benzene rings is 1. The minimum atomic E-state index is -4.10. The molecule has 1 atom stereocenters. The van der Waals surface area contributed by atoms with Crippen LogP contribution < -0.4 is 0 Å². The van der Waals surface area contributed by atoms with Crippen molar-refractivity contribution in [3.8, 4) is 0 Å². The van der Waals surface area contributed by atoms with Crippen molar-refractivity contribution < 1.29 is 17.9 Å². The lowest BCUT2D eigenvalue weighted by atomic mass is 10.2. The molecule has 0 spiro atoms. The molecule has 0 heterocycles. The summed E-state index contributed by atoms with van der Waals surface area (Å²) in [6.45, 7) is 3.71. The molecule has 20 heavy (non-hydrogen) atoms. The topological polar surface area (TPSA) is 60.4 Å². The molecule has 0 N–H and O–H groups in total. The van der Waals surface area contributed by atoms with E-state index in [-0.39, 0.29) is 21.7 Å². The maximum absolute atomic E-state index is 11.9. The van der Waals surface area contributed by atoms with Crippen LogP contribution in [0, 0.1) is 0 Å². The molecule has 0 aliphatic rings. The van der Waals surface area contributed by atoms with Crippen molar-refractivity contribution in [1.82, 2.24) is 0 Å². The molecule has 0 aliphatic heterocycles. The number of carbonyl (C=O) groups excluding carboxylic acids is 1. The molecule has 1 aromatic rings. The summed E-state index contributed by atoms with van der Waals surface area (Å²) in [5, 5.41) is -0.302. The fourth-order valence-electron chi connectivity index (χ4n) is 1.58. The van der Waals surface area contributed by atoms with Crippen LogP contribution in [0.1, 0.15) is 37.0 Å². The van der Waals surface area contributed by atoms with Gasteiger partial charge in [0.05, 0.1) is 21.7 Å². The van der Waals surface area contributed by atoms with Crippen molar-refractivity contribution in [3.05, 3.63) is 27.7 Å². The molecule has 0 radical (unpaired) electrons. The van der Waals surface area contributed by atoms with E-state index in [2.05, 4.69) is 0 Å². The SMILES string of the molecule is CCCC(C)OC(=O)c1cc(Cl)c(Cl)c(S(=O)(=O)Cl)c1. The summed E-state index contributed by atoms with van der Waals surface area (Å²) in [4.78, 5) is 11.5. The lowest BCUT2D eigenvalue weighted by molar-refractivity contribution is 0.0323. The van der Waals surface area contributed by atoms with E-state index in [4.69, 9.17) is 38.6 Å². The van der Waals surface area contributed by atoms with Crippen LogP contribution >= 0.6 is 33.9 Å². The van der Waals surface area contributed by atoms with E-state index in [0.29, 0.717) is 6.42 Å². The lowest BCUT2D eigenvalue weighted by Crippen LogP contribution is -2.15. The van der Waals surface area contributed by atoms with Crippen LogP contribution in [0.4, 0.5) is 0 Å². The van der Waals surface area contributed by atoms with Gasteiger partial charge >= 0.3 is 5.97 Å². The Morgan fingerprint density at radius 1 is 1.35 bits per heavy atom. The Bertz CT molecular complexity index is 613. The second-order valence-corrected chi connectivity index (χ2v) is 7.53. The van der Waals surface area contributed by atoms with Gasteiger partial charge in [-0.3, -0.25) is 0 Å². The van der Waals surface area contributed by atoms with Gasteiger partial charge in [0.15, 0.2) is 0 Å². The summed E-state index contributed by atoms with van der Waals surface area (Å²) < 4.78 is 27.9. The second-order valence-electron chi connectivity index (χ2n) is 4.21. The van der Waals surface area contributed by atoms with Gasteiger partial charge in [-0.05, 0) is 25.5 Å². The first-order valence-corrected chi connectivity index (χ1v) is 8.88. The zero-order valence-corrected chi connectivity index (χ0v) is 13.9. The Hall–Kier alpha value is -0.490. The van der Waals surface area contributed by atoms with Gasteiger partial charge in [0.2, 0.25) is 0 Å². The average molecular weight is 360 g/mol. The van der Waals surface area contributed by atoms with Gasteiger partial charge in [-0.2, -0.15) is 0 Å². The van der Waals surface area contributed by atoms with Crippen LogP contribution in [-0.4, -0.2) is 20.5 Å². The van der Waals surface area contributed by atoms with Gasteiger partial charge in [0, 0.05) is 10.7 Å². The van der Waals surface area contributed by atoms with Crippen LogP contribution in [0.15, 0.2) is 17.0 Å². The van der Waals surface area contributed by atoms with Gasteiger partial charge in [0.25, 0.3) is 9.05 Å². The minimum Gasteiger partial charge on any atom is -0.459 e. The zero-order chi connectivity index (χ0) is 15.5. The quantitative estimate of drug-likeness (QED) is 0.582. The summed E-state index contributed by atoms with van der Waals surface area (Å²) in [7, 11) is 1.14. The number of hydrogen-bond acceptors (Lipinski definition) is 4. The highest BCUT2D eigenvalue weighted by Crippen LogP contribution is 2.33. The third kappa shape index (κ3) is 4.52. The van der Waals surface area contributed by atoms with E-state index >= 15 is 0 Å². The Balaban J connectivity index is 3.15. The van der Waals surface area contributed by atoms with Crippen LogP contribution in [0.5, 0.6) is 0 Å². The third-order valence-electron chi connectivity index (χ3n) is 2.50. The predicted molar refractivity (Wildman–Crippen MR) is 79.3 cm³/mol. The first-order chi connectivity index (χ1) is 9.16. The fraction of sp³-hybridized carbons (Fsp3) is 0.417. The summed E-state index contributed by atoms with van der Waals surface area (Å²) in [6.07, 6.45) is 1.28. The molecule has 8 heteroatoms. The number of halogens is 3. The van der Waals surface area contributed by atoms with Crippen LogP contribution in [0.3, 0.4) is 0 Å². The molecule has 0 amide bonds. The Morgan fingerprint density at radius 3 is 2.45 bits per heavy atom. The van der Waals surface area contributed by atoms with E-state index in [1.165, 1.54) is 6.07 Å². The Kier molecular flexibility index (Phi) is 6.13. The van der Waals surface area contributed by atoms with Crippen molar-refractivity contribution in [2.75, 3.05) is 0 Å². The Labute approximate surface area is 132 Å². The van der Waals surface area contributed by atoms with Gasteiger partial charge in [-0.25, -0.2) is 13.2 Å². The van der Waals surface area contributed by atoms with Crippen molar-refractivity contribution >= 4 is 48.9 Å². The van der Waals surface area contributed by atoms with Crippen molar-refractivity contribution in [3.63, 3.8) is 0 Å². The first kappa shape index (κ1) is 17.6. The lowest BCUT2D eigenvalue weighted by Gasteiger charge is -2.13. The van der Waals surface area contributed by atoms with E-state index in [9.17, 15) is 13.2 Å². The third-order valence-corrected chi connectivity index (χ3v) is 4.76. The molecular weight excluding hydrogens is 347 g/mol. The Morgan fingerprint density at radius 2 is 1.95 bits per heavy atom. The van der Waals surface area contributed by atoms with Crippen molar-refractivity contribution in [1.29, 1.82) is 0 Å². The predicted octanol–water partition coefficient (Wildman–Crippen LogP) is 4.27. The zero-order valence-electron chi connectivity index (χ0n) is 10.8. The average Bonchev–Trinajstić information content (AvgIpc) is 2.30. The largest absolute Gasteiger partial charge is 0.459 e. The van der Waals surface area contributed by atoms with E-state index in [0.717, 1.165) is 12.5 Å².